The lowest BCUT2D eigenvalue weighted by Crippen LogP contribution is -2.27. The Hall–Kier alpha value is -1.14. The van der Waals surface area contributed by atoms with E-state index in [2.05, 4.69) is 10.6 Å². The first-order valence-electron chi connectivity index (χ1n) is 6.56. The SMILES string of the molecule is NCCCCNCCCNC(=O)CCCC(=O)O. The van der Waals surface area contributed by atoms with Crippen molar-refractivity contribution in [1.29, 1.82) is 0 Å². The minimum Gasteiger partial charge on any atom is -0.481 e. The van der Waals surface area contributed by atoms with Crippen molar-refractivity contribution in [2.24, 2.45) is 5.73 Å². The maximum absolute atomic E-state index is 11.3. The first-order chi connectivity index (χ1) is 8.66. The maximum atomic E-state index is 11.3. The van der Waals surface area contributed by atoms with Gasteiger partial charge in [0.05, 0.1) is 0 Å². The van der Waals surface area contributed by atoms with Crippen LogP contribution in [-0.4, -0.2) is 43.2 Å². The van der Waals surface area contributed by atoms with E-state index in [1.807, 2.05) is 0 Å². The summed E-state index contributed by atoms with van der Waals surface area (Å²) in [7, 11) is 0. The molecule has 0 fully saturated rings. The molecule has 0 atom stereocenters. The summed E-state index contributed by atoms with van der Waals surface area (Å²) in [6.45, 7) is 3.20. The standard InChI is InChI=1S/C12H25N3O3/c13-7-1-2-8-14-9-4-10-15-11(16)5-3-6-12(17)18/h14H,1-10,13H2,(H,15,16)(H,17,18). The largest absolute Gasteiger partial charge is 0.481 e. The Morgan fingerprint density at radius 1 is 0.944 bits per heavy atom. The fourth-order valence-electron chi connectivity index (χ4n) is 1.45. The highest BCUT2D eigenvalue weighted by Crippen LogP contribution is 1.94. The first-order valence-corrected chi connectivity index (χ1v) is 6.56. The molecule has 0 aliphatic rings. The Kier molecular flexibility index (Phi) is 11.5. The lowest BCUT2D eigenvalue weighted by atomic mass is 10.2. The summed E-state index contributed by atoms with van der Waals surface area (Å²) in [6.07, 6.45) is 3.74. The monoisotopic (exact) mass is 259 g/mol. The minimum atomic E-state index is -0.857. The van der Waals surface area contributed by atoms with Crippen LogP contribution in [0.15, 0.2) is 0 Å². The zero-order chi connectivity index (χ0) is 13.6. The highest BCUT2D eigenvalue weighted by Gasteiger charge is 2.02. The van der Waals surface area contributed by atoms with E-state index in [4.69, 9.17) is 10.8 Å². The fraction of sp³-hybridized carbons (Fsp3) is 0.833. The van der Waals surface area contributed by atoms with Crippen LogP contribution in [0.3, 0.4) is 0 Å². The number of amides is 1. The van der Waals surface area contributed by atoms with Gasteiger partial charge in [-0.15, -0.1) is 0 Å². The van der Waals surface area contributed by atoms with Crippen molar-refractivity contribution in [2.45, 2.75) is 38.5 Å². The number of hydrogen-bond acceptors (Lipinski definition) is 4. The fourth-order valence-corrected chi connectivity index (χ4v) is 1.45. The van der Waals surface area contributed by atoms with Gasteiger partial charge in [0.25, 0.3) is 0 Å². The van der Waals surface area contributed by atoms with E-state index in [1.165, 1.54) is 0 Å². The molecule has 0 aromatic carbocycles. The summed E-state index contributed by atoms with van der Waals surface area (Å²) in [5.41, 5.74) is 5.37. The molecule has 0 radical (unpaired) electrons. The summed E-state index contributed by atoms with van der Waals surface area (Å²) < 4.78 is 0. The highest BCUT2D eigenvalue weighted by atomic mass is 16.4. The molecule has 0 unspecified atom stereocenters. The number of nitrogens with one attached hydrogen (secondary N) is 2. The highest BCUT2D eigenvalue weighted by molar-refractivity contribution is 5.76. The average molecular weight is 259 g/mol. The number of carbonyl (C=O) groups excluding carboxylic acids is 1. The van der Waals surface area contributed by atoms with Gasteiger partial charge in [-0.05, 0) is 45.3 Å². The topological polar surface area (TPSA) is 104 Å². The Balaban J connectivity index is 3.17. The Morgan fingerprint density at radius 2 is 1.67 bits per heavy atom. The zero-order valence-electron chi connectivity index (χ0n) is 10.9. The van der Waals surface area contributed by atoms with E-state index in [0.717, 1.165) is 38.9 Å². The predicted octanol–water partition coefficient (Wildman–Crippen LogP) is 0.0761. The van der Waals surface area contributed by atoms with Gasteiger partial charge in [0.2, 0.25) is 5.91 Å². The molecule has 0 spiro atoms. The molecule has 0 saturated heterocycles. The second kappa shape index (κ2) is 12.3. The van der Waals surface area contributed by atoms with Gasteiger partial charge in [-0.3, -0.25) is 9.59 Å². The van der Waals surface area contributed by atoms with Crippen LogP contribution in [0.4, 0.5) is 0 Å². The van der Waals surface area contributed by atoms with Crippen molar-refractivity contribution in [3.05, 3.63) is 0 Å². The van der Waals surface area contributed by atoms with Crippen molar-refractivity contribution in [1.82, 2.24) is 10.6 Å². The predicted molar refractivity (Wildman–Crippen MR) is 70.3 cm³/mol. The molecule has 1 amide bonds. The van der Waals surface area contributed by atoms with Crippen molar-refractivity contribution < 1.29 is 14.7 Å². The molecule has 0 aliphatic heterocycles. The van der Waals surface area contributed by atoms with Crippen molar-refractivity contribution in [3.63, 3.8) is 0 Å². The quantitative estimate of drug-likeness (QED) is 0.371. The van der Waals surface area contributed by atoms with Gasteiger partial charge in [0, 0.05) is 19.4 Å². The van der Waals surface area contributed by atoms with Gasteiger partial charge >= 0.3 is 5.97 Å². The van der Waals surface area contributed by atoms with Gasteiger partial charge in [-0.25, -0.2) is 0 Å². The molecule has 0 aromatic rings. The summed E-state index contributed by atoms with van der Waals surface area (Å²) in [4.78, 5) is 21.5. The third-order valence-corrected chi connectivity index (χ3v) is 2.45. The second-order valence-corrected chi connectivity index (χ2v) is 4.20. The Labute approximate surface area is 108 Å². The number of unbranched alkanes of at least 4 members (excludes halogenated alkanes) is 1. The number of carbonyl (C=O) groups is 2. The van der Waals surface area contributed by atoms with Gasteiger partial charge in [-0.2, -0.15) is 0 Å². The van der Waals surface area contributed by atoms with Crippen LogP contribution in [0.2, 0.25) is 0 Å². The molecule has 0 saturated carbocycles. The maximum Gasteiger partial charge on any atom is 0.303 e. The molecular formula is C12H25N3O3. The smallest absolute Gasteiger partial charge is 0.303 e. The van der Waals surface area contributed by atoms with E-state index < -0.39 is 5.97 Å². The third kappa shape index (κ3) is 12.9. The lowest BCUT2D eigenvalue weighted by molar-refractivity contribution is -0.137. The van der Waals surface area contributed by atoms with Gasteiger partial charge < -0.3 is 21.5 Å². The van der Waals surface area contributed by atoms with E-state index in [0.29, 0.717) is 13.0 Å². The molecule has 0 aliphatic carbocycles. The molecule has 0 bridgehead atoms. The molecule has 18 heavy (non-hydrogen) atoms. The first kappa shape index (κ1) is 16.9. The van der Waals surface area contributed by atoms with Crippen molar-refractivity contribution in [3.8, 4) is 0 Å². The number of carboxylic acids is 1. The van der Waals surface area contributed by atoms with Gasteiger partial charge in [-0.1, -0.05) is 0 Å². The third-order valence-electron chi connectivity index (χ3n) is 2.45. The van der Waals surface area contributed by atoms with Crippen molar-refractivity contribution in [2.75, 3.05) is 26.2 Å². The van der Waals surface area contributed by atoms with E-state index >= 15 is 0 Å². The van der Waals surface area contributed by atoms with E-state index in [-0.39, 0.29) is 18.7 Å². The number of nitrogens with two attached hydrogens (primary N) is 1. The number of aliphatic carboxylic acids is 1. The normalized spacial score (nSPS) is 10.3. The summed E-state index contributed by atoms with van der Waals surface area (Å²) >= 11 is 0. The molecule has 0 aromatic heterocycles. The lowest BCUT2D eigenvalue weighted by Gasteiger charge is -2.06. The van der Waals surface area contributed by atoms with Gasteiger partial charge in [0.15, 0.2) is 0 Å². The van der Waals surface area contributed by atoms with Crippen LogP contribution in [0.1, 0.15) is 38.5 Å². The zero-order valence-corrected chi connectivity index (χ0v) is 10.9. The van der Waals surface area contributed by atoms with Crippen LogP contribution in [0.5, 0.6) is 0 Å². The minimum absolute atomic E-state index is 0.0517. The summed E-state index contributed by atoms with van der Waals surface area (Å²) in [5.74, 6) is -0.927. The van der Waals surface area contributed by atoms with Gasteiger partial charge in [0.1, 0.15) is 0 Å². The summed E-state index contributed by atoms with van der Waals surface area (Å²) in [6, 6.07) is 0. The molecule has 106 valence electrons. The Morgan fingerprint density at radius 3 is 2.33 bits per heavy atom. The average Bonchev–Trinajstić information content (AvgIpc) is 2.32. The Bertz CT molecular complexity index is 235. The van der Waals surface area contributed by atoms with Crippen LogP contribution in [-0.2, 0) is 9.59 Å². The molecule has 6 heteroatoms. The van der Waals surface area contributed by atoms with Crippen LogP contribution in [0, 0.1) is 0 Å². The molecule has 6 nitrogen and oxygen atoms in total. The number of hydrogen-bond donors (Lipinski definition) is 4. The number of carboxylic acid groups (broad SMARTS) is 1. The molecular weight excluding hydrogens is 234 g/mol. The van der Waals surface area contributed by atoms with Crippen LogP contribution in [0.25, 0.3) is 0 Å². The van der Waals surface area contributed by atoms with Crippen LogP contribution < -0.4 is 16.4 Å². The molecule has 0 heterocycles. The van der Waals surface area contributed by atoms with E-state index in [9.17, 15) is 9.59 Å². The molecule has 0 rings (SSSR count). The van der Waals surface area contributed by atoms with E-state index in [1.54, 1.807) is 0 Å². The number of rotatable bonds is 12. The second-order valence-electron chi connectivity index (χ2n) is 4.20. The van der Waals surface area contributed by atoms with Crippen molar-refractivity contribution >= 4 is 11.9 Å². The van der Waals surface area contributed by atoms with Crippen LogP contribution >= 0.6 is 0 Å². The molecule has 5 N–H and O–H groups in total. The summed E-state index contributed by atoms with van der Waals surface area (Å²) in [5, 5.41) is 14.4.